The maximum Gasteiger partial charge on any atom is 0.264 e. The molecule has 3 aliphatic rings. The number of nitrogens with zero attached hydrogens (tertiary/aromatic N) is 2. The molecule has 1 saturated carbocycles. The van der Waals surface area contributed by atoms with Crippen LogP contribution < -0.4 is 19.8 Å². The summed E-state index contributed by atoms with van der Waals surface area (Å²) in [6.07, 6.45) is 2.02. The average molecular weight is 573 g/mol. The number of sulfonamides is 1. The summed E-state index contributed by atoms with van der Waals surface area (Å²) in [7, 11) is -3.58. The Morgan fingerprint density at radius 3 is 2.37 bits per heavy atom. The molecule has 6 rings (SSSR count). The molecular formula is C33H40N4O3S. The van der Waals surface area contributed by atoms with Gasteiger partial charge in [-0.1, -0.05) is 43.7 Å². The summed E-state index contributed by atoms with van der Waals surface area (Å²) in [5.74, 6) is -0.551. The van der Waals surface area contributed by atoms with E-state index in [4.69, 9.17) is 0 Å². The minimum atomic E-state index is -3.58. The van der Waals surface area contributed by atoms with Gasteiger partial charge in [-0.25, -0.2) is 13.1 Å². The van der Waals surface area contributed by atoms with Crippen LogP contribution >= 0.6 is 0 Å². The zero-order valence-electron chi connectivity index (χ0n) is 24.4. The number of carbonyl (C=O) groups is 1. The fraction of sp³-hybridized carbons (Fsp3) is 0.424. The van der Waals surface area contributed by atoms with E-state index < -0.39 is 21.2 Å². The van der Waals surface area contributed by atoms with Gasteiger partial charge in [0.1, 0.15) is 0 Å². The number of anilines is 3. The van der Waals surface area contributed by atoms with Crippen LogP contribution in [0.4, 0.5) is 17.1 Å². The first kappa shape index (κ1) is 27.6. The highest BCUT2D eigenvalue weighted by atomic mass is 32.2. The molecular weight excluding hydrogens is 532 g/mol. The Morgan fingerprint density at radius 1 is 0.927 bits per heavy atom. The normalized spacial score (nSPS) is 20.2. The summed E-state index contributed by atoms with van der Waals surface area (Å²) in [6.45, 7) is 12.8. The average Bonchev–Trinajstić information content (AvgIpc) is 3.79. The molecule has 1 aliphatic carbocycles. The molecule has 1 unspecified atom stereocenters. The maximum absolute atomic E-state index is 12.7. The number of hydrogen-bond donors (Lipinski definition) is 2. The monoisotopic (exact) mass is 572 g/mol. The SMILES string of the molecule is Cc1ccc(N2CCN(c3cccc(C4Nc5ccc(C(=O)NS(=O)(=O)C6CC6)cc5CC4(C)C)c3)CC2)c(C)c1. The first-order valence-electron chi connectivity index (χ1n) is 14.6. The predicted molar refractivity (Wildman–Crippen MR) is 166 cm³/mol. The van der Waals surface area contributed by atoms with Crippen LogP contribution in [-0.4, -0.2) is 45.8 Å². The zero-order valence-corrected chi connectivity index (χ0v) is 25.2. The van der Waals surface area contributed by atoms with E-state index in [0.29, 0.717) is 18.4 Å². The van der Waals surface area contributed by atoms with E-state index >= 15 is 0 Å². The van der Waals surface area contributed by atoms with Crippen molar-refractivity contribution in [2.45, 2.75) is 58.2 Å². The number of nitrogens with one attached hydrogen (secondary N) is 2. The smallest absolute Gasteiger partial charge is 0.264 e. The van der Waals surface area contributed by atoms with Gasteiger partial charge >= 0.3 is 0 Å². The third kappa shape index (κ3) is 5.67. The Balaban J connectivity index is 1.16. The molecule has 2 heterocycles. The second kappa shape index (κ2) is 10.4. The van der Waals surface area contributed by atoms with E-state index in [1.54, 1.807) is 6.07 Å². The van der Waals surface area contributed by atoms with Crippen molar-refractivity contribution >= 4 is 33.0 Å². The van der Waals surface area contributed by atoms with E-state index in [1.165, 1.54) is 28.1 Å². The van der Waals surface area contributed by atoms with Gasteiger partial charge in [0.05, 0.1) is 11.3 Å². The molecule has 0 spiro atoms. The van der Waals surface area contributed by atoms with Crippen LogP contribution in [-0.2, 0) is 16.4 Å². The van der Waals surface area contributed by atoms with E-state index in [-0.39, 0.29) is 11.5 Å². The molecule has 7 nitrogen and oxygen atoms in total. The van der Waals surface area contributed by atoms with Crippen molar-refractivity contribution in [1.82, 2.24) is 4.72 Å². The van der Waals surface area contributed by atoms with Gasteiger partial charge in [-0.15, -0.1) is 0 Å². The number of carbonyl (C=O) groups excluding carboxylic acids is 1. The second-order valence-electron chi connectivity index (χ2n) is 12.6. The molecule has 1 atom stereocenters. The van der Waals surface area contributed by atoms with Crippen molar-refractivity contribution in [3.8, 4) is 0 Å². The minimum Gasteiger partial charge on any atom is -0.377 e. The summed E-state index contributed by atoms with van der Waals surface area (Å²) in [5, 5.41) is 3.31. The largest absolute Gasteiger partial charge is 0.377 e. The Kier molecular flexibility index (Phi) is 7.00. The van der Waals surface area contributed by atoms with Gasteiger partial charge in [-0.3, -0.25) is 4.79 Å². The third-order valence-corrected chi connectivity index (χ3v) is 10.7. The number of hydrogen-bond acceptors (Lipinski definition) is 6. The van der Waals surface area contributed by atoms with Crippen molar-refractivity contribution in [2.75, 3.05) is 41.3 Å². The number of aryl methyl sites for hydroxylation is 2. The van der Waals surface area contributed by atoms with Crippen molar-refractivity contribution in [3.05, 3.63) is 88.5 Å². The molecule has 8 heteroatoms. The van der Waals surface area contributed by atoms with Crippen LogP contribution in [0.2, 0.25) is 0 Å². The van der Waals surface area contributed by atoms with Crippen LogP contribution in [0, 0.1) is 19.3 Å². The fourth-order valence-electron chi connectivity index (χ4n) is 6.42. The standard InChI is InChI=1S/C33H40N4O3S/c1-22-8-13-30(23(2)18-22)37-16-14-36(15-17-37)27-7-5-6-24(20-27)31-33(3,4)21-26-19-25(9-12-29(26)34-31)32(38)35-41(39,40)28-10-11-28/h5-9,12-13,18-20,28,31,34H,10-11,14-17,21H2,1-4H3,(H,35,38). The molecule has 216 valence electrons. The topological polar surface area (TPSA) is 81.8 Å². The van der Waals surface area contributed by atoms with Gasteiger partial charge in [-0.2, -0.15) is 0 Å². The molecule has 1 saturated heterocycles. The molecule has 3 aromatic rings. The van der Waals surface area contributed by atoms with Crippen LogP contribution in [0.25, 0.3) is 0 Å². The first-order chi connectivity index (χ1) is 19.5. The fourth-order valence-corrected chi connectivity index (χ4v) is 7.72. The Morgan fingerprint density at radius 2 is 1.66 bits per heavy atom. The van der Waals surface area contributed by atoms with Crippen molar-refractivity contribution in [3.63, 3.8) is 0 Å². The summed E-state index contributed by atoms with van der Waals surface area (Å²) in [4.78, 5) is 17.7. The molecule has 2 N–H and O–H groups in total. The lowest BCUT2D eigenvalue weighted by Crippen LogP contribution is -2.46. The predicted octanol–water partition coefficient (Wildman–Crippen LogP) is 5.59. The molecule has 0 aromatic heterocycles. The van der Waals surface area contributed by atoms with Crippen LogP contribution in [0.3, 0.4) is 0 Å². The van der Waals surface area contributed by atoms with E-state index in [9.17, 15) is 13.2 Å². The summed E-state index contributed by atoms with van der Waals surface area (Å²) < 4.78 is 26.8. The summed E-state index contributed by atoms with van der Waals surface area (Å²) >= 11 is 0. The molecule has 2 aliphatic heterocycles. The van der Waals surface area contributed by atoms with Crippen molar-refractivity contribution < 1.29 is 13.2 Å². The van der Waals surface area contributed by atoms with Gasteiger partial charge < -0.3 is 15.1 Å². The lowest BCUT2D eigenvalue weighted by Gasteiger charge is -2.42. The van der Waals surface area contributed by atoms with Crippen molar-refractivity contribution in [2.24, 2.45) is 5.41 Å². The Labute approximate surface area is 244 Å². The van der Waals surface area contributed by atoms with Crippen LogP contribution in [0.5, 0.6) is 0 Å². The van der Waals surface area contributed by atoms with E-state index in [1.807, 2.05) is 12.1 Å². The molecule has 0 bridgehead atoms. The lowest BCUT2D eigenvalue weighted by molar-refractivity contribution is 0.0981. The lowest BCUT2D eigenvalue weighted by atomic mass is 9.72. The van der Waals surface area contributed by atoms with Crippen LogP contribution in [0.15, 0.2) is 60.7 Å². The quantitative estimate of drug-likeness (QED) is 0.401. The number of rotatable bonds is 6. The highest BCUT2D eigenvalue weighted by Crippen LogP contribution is 2.45. The molecule has 41 heavy (non-hydrogen) atoms. The number of benzene rings is 3. The van der Waals surface area contributed by atoms with Crippen LogP contribution in [0.1, 0.15) is 65.3 Å². The minimum absolute atomic E-state index is 0.0985. The highest BCUT2D eigenvalue weighted by molar-refractivity contribution is 7.91. The molecule has 2 fully saturated rings. The number of amides is 1. The molecule has 1 amide bonds. The van der Waals surface area contributed by atoms with E-state index in [0.717, 1.165) is 43.9 Å². The Hall–Kier alpha value is -3.52. The van der Waals surface area contributed by atoms with Gasteiger partial charge in [0.15, 0.2) is 0 Å². The van der Waals surface area contributed by atoms with Gasteiger partial charge in [0, 0.05) is 48.8 Å². The highest BCUT2D eigenvalue weighted by Gasteiger charge is 2.38. The third-order valence-electron chi connectivity index (χ3n) is 8.83. The maximum atomic E-state index is 12.7. The Bertz CT molecular complexity index is 1590. The molecule has 0 radical (unpaired) electrons. The zero-order chi connectivity index (χ0) is 28.9. The second-order valence-corrected chi connectivity index (χ2v) is 14.6. The van der Waals surface area contributed by atoms with Gasteiger partial charge in [0.2, 0.25) is 10.0 Å². The van der Waals surface area contributed by atoms with Gasteiger partial charge in [-0.05, 0) is 91.6 Å². The number of fused-ring (bicyclic) bond motifs is 1. The first-order valence-corrected chi connectivity index (χ1v) is 16.2. The van der Waals surface area contributed by atoms with Crippen molar-refractivity contribution in [1.29, 1.82) is 0 Å². The summed E-state index contributed by atoms with van der Waals surface area (Å²) in [5.41, 5.74) is 8.73. The summed E-state index contributed by atoms with van der Waals surface area (Å²) in [6, 6.07) is 21.2. The number of piperazine rings is 1. The van der Waals surface area contributed by atoms with E-state index in [2.05, 4.69) is 90.0 Å². The molecule has 3 aromatic carbocycles. The van der Waals surface area contributed by atoms with Gasteiger partial charge in [0.25, 0.3) is 5.91 Å².